The summed E-state index contributed by atoms with van der Waals surface area (Å²) in [5.41, 5.74) is 4.64. The van der Waals surface area contributed by atoms with Gasteiger partial charge in [0, 0.05) is 43.3 Å². The Bertz CT molecular complexity index is 694. The average molecular weight is 266 g/mol. The maximum absolute atomic E-state index is 11.5. The van der Waals surface area contributed by atoms with E-state index in [0.29, 0.717) is 12.1 Å². The predicted octanol–water partition coefficient (Wildman–Crippen LogP) is 1.85. The molecule has 5 nitrogen and oxygen atoms in total. The van der Waals surface area contributed by atoms with E-state index in [0.717, 1.165) is 35.5 Å². The van der Waals surface area contributed by atoms with Crippen molar-refractivity contribution in [1.82, 2.24) is 15.1 Å². The minimum absolute atomic E-state index is 0.0858. The highest BCUT2D eigenvalue weighted by Crippen LogP contribution is 2.28. The summed E-state index contributed by atoms with van der Waals surface area (Å²) in [7, 11) is 0. The number of hydrogen-bond donors (Lipinski definition) is 1. The fourth-order valence-corrected chi connectivity index (χ4v) is 2.51. The standard InChI is InChI=1S/C15H14N4O/c1-10(20)19-7-6-14-13(9-19)15(18-17-14)12-4-2-11(8-16)3-5-12/h2-5H,6-7,9H2,1H3,(H,17,18). The molecule has 2 heterocycles. The first-order valence-corrected chi connectivity index (χ1v) is 6.51. The third-order valence-corrected chi connectivity index (χ3v) is 3.67. The lowest BCUT2D eigenvalue weighted by Crippen LogP contribution is -2.34. The lowest BCUT2D eigenvalue weighted by atomic mass is 10.0. The van der Waals surface area contributed by atoms with Crippen LogP contribution < -0.4 is 0 Å². The second kappa shape index (κ2) is 4.82. The van der Waals surface area contributed by atoms with Crippen LogP contribution in [0.1, 0.15) is 23.7 Å². The van der Waals surface area contributed by atoms with Gasteiger partial charge in [-0.15, -0.1) is 0 Å². The Morgan fingerprint density at radius 1 is 1.40 bits per heavy atom. The van der Waals surface area contributed by atoms with Gasteiger partial charge in [-0.1, -0.05) is 12.1 Å². The van der Waals surface area contributed by atoms with Crippen LogP contribution in [0.2, 0.25) is 0 Å². The van der Waals surface area contributed by atoms with Crippen LogP contribution in [0.15, 0.2) is 24.3 Å². The molecule has 1 aromatic heterocycles. The molecule has 1 amide bonds. The number of carbonyl (C=O) groups excluding carboxylic acids is 1. The number of hydrogen-bond acceptors (Lipinski definition) is 3. The van der Waals surface area contributed by atoms with Gasteiger partial charge in [-0.2, -0.15) is 10.4 Å². The van der Waals surface area contributed by atoms with Crippen molar-refractivity contribution in [1.29, 1.82) is 5.26 Å². The Balaban J connectivity index is 1.98. The number of H-pyrrole nitrogens is 1. The summed E-state index contributed by atoms with van der Waals surface area (Å²) in [4.78, 5) is 13.3. The van der Waals surface area contributed by atoms with Crippen molar-refractivity contribution in [2.24, 2.45) is 0 Å². The molecule has 2 aromatic rings. The molecule has 0 saturated heterocycles. The van der Waals surface area contributed by atoms with Gasteiger partial charge in [-0.3, -0.25) is 9.89 Å². The third kappa shape index (κ3) is 2.05. The molecule has 1 aliphatic rings. The normalized spacial score (nSPS) is 13.7. The molecule has 0 atom stereocenters. The SMILES string of the molecule is CC(=O)N1CCc2[nH]nc(-c3ccc(C#N)cc3)c2C1. The van der Waals surface area contributed by atoms with Crippen molar-refractivity contribution in [3.63, 3.8) is 0 Å². The van der Waals surface area contributed by atoms with Crippen molar-refractivity contribution in [2.45, 2.75) is 19.9 Å². The van der Waals surface area contributed by atoms with Gasteiger partial charge in [-0.25, -0.2) is 0 Å². The molecular formula is C15H14N4O. The smallest absolute Gasteiger partial charge is 0.219 e. The Kier molecular flexibility index (Phi) is 2.99. The molecule has 1 N–H and O–H groups in total. The number of aromatic nitrogens is 2. The number of fused-ring (bicyclic) bond motifs is 1. The molecule has 0 spiro atoms. The first-order valence-electron chi connectivity index (χ1n) is 6.51. The number of rotatable bonds is 1. The molecule has 5 heteroatoms. The van der Waals surface area contributed by atoms with E-state index >= 15 is 0 Å². The van der Waals surface area contributed by atoms with Gasteiger partial charge in [0.05, 0.1) is 17.3 Å². The number of nitrogens with zero attached hydrogens (tertiary/aromatic N) is 3. The molecule has 3 rings (SSSR count). The summed E-state index contributed by atoms with van der Waals surface area (Å²) in [5.74, 6) is 0.0858. The summed E-state index contributed by atoms with van der Waals surface area (Å²) in [5, 5.41) is 16.3. The Morgan fingerprint density at radius 3 is 2.80 bits per heavy atom. The average Bonchev–Trinajstić information content (AvgIpc) is 2.90. The maximum Gasteiger partial charge on any atom is 0.219 e. The lowest BCUT2D eigenvalue weighted by molar-refractivity contribution is -0.129. The third-order valence-electron chi connectivity index (χ3n) is 3.67. The van der Waals surface area contributed by atoms with E-state index in [1.165, 1.54) is 0 Å². The van der Waals surface area contributed by atoms with E-state index in [4.69, 9.17) is 5.26 Å². The summed E-state index contributed by atoms with van der Waals surface area (Å²) in [6.45, 7) is 2.92. The molecule has 0 fully saturated rings. The van der Waals surface area contributed by atoms with Gasteiger partial charge in [0.15, 0.2) is 0 Å². The highest BCUT2D eigenvalue weighted by molar-refractivity contribution is 5.74. The van der Waals surface area contributed by atoms with Crippen LogP contribution in [0.25, 0.3) is 11.3 Å². The number of amides is 1. The largest absolute Gasteiger partial charge is 0.338 e. The second-order valence-corrected chi connectivity index (χ2v) is 4.91. The van der Waals surface area contributed by atoms with Crippen LogP contribution in [0, 0.1) is 11.3 Å². The van der Waals surface area contributed by atoms with E-state index in [-0.39, 0.29) is 5.91 Å². The Hall–Kier alpha value is -2.61. The molecule has 0 aliphatic carbocycles. The quantitative estimate of drug-likeness (QED) is 0.856. The number of benzene rings is 1. The number of carbonyl (C=O) groups is 1. The summed E-state index contributed by atoms with van der Waals surface area (Å²) in [6, 6.07) is 9.44. The van der Waals surface area contributed by atoms with Crippen molar-refractivity contribution >= 4 is 5.91 Å². The molecule has 0 saturated carbocycles. The van der Waals surface area contributed by atoms with Crippen molar-refractivity contribution in [3.05, 3.63) is 41.1 Å². The lowest BCUT2D eigenvalue weighted by Gasteiger charge is -2.25. The highest BCUT2D eigenvalue weighted by atomic mass is 16.2. The van der Waals surface area contributed by atoms with Gasteiger partial charge >= 0.3 is 0 Å². The van der Waals surface area contributed by atoms with Crippen LogP contribution >= 0.6 is 0 Å². The minimum atomic E-state index is 0.0858. The van der Waals surface area contributed by atoms with E-state index in [9.17, 15) is 4.79 Å². The number of nitriles is 1. The van der Waals surface area contributed by atoms with Crippen LogP contribution in [0.5, 0.6) is 0 Å². The van der Waals surface area contributed by atoms with Gasteiger partial charge in [0.2, 0.25) is 5.91 Å². The highest BCUT2D eigenvalue weighted by Gasteiger charge is 2.23. The van der Waals surface area contributed by atoms with Crippen LogP contribution in [0.4, 0.5) is 0 Å². The zero-order valence-corrected chi connectivity index (χ0v) is 11.2. The van der Waals surface area contributed by atoms with Crippen molar-refractivity contribution in [2.75, 3.05) is 6.54 Å². The van der Waals surface area contributed by atoms with Gasteiger partial charge in [-0.05, 0) is 12.1 Å². The second-order valence-electron chi connectivity index (χ2n) is 4.91. The molecule has 0 bridgehead atoms. The van der Waals surface area contributed by atoms with Gasteiger partial charge in [0.25, 0.3) is 0 Å². The summed E-state index contributed by atoms with van der Waals surface area (Å²) < 4.78 is 0. The van der Waals surface area contributed by atoms with E-state index in [1.54, 1.807) is 19.1 Å². The number of aromatic amines is 1. The Labute approximate surface area is 116 Å². The maximum atomic E-state index is 11.5. The van der Waals surface area contributed by atoms with Crippen molar-refractivity contribution < 1.29 is 4.79 Å². The van der Waals surface area contributed by atoms with Crippen LogP contribution in [-0.4, -0.2) is 27.5 Å². The van der Waals surface area contributed by atoms with E-state index < -0.39 is 0 Å². The first-order chi connectivity index (χ1) is 9.69. The van der Waals surface area contributed by atoms with Crippen molar-refractivity contribution in [3.8, 4) is 17.3 Å². The minimum Gasteiger partial charge on any atom is -0.338 e. The zero-order chi connectivity index (χ0) is 14.1. The summed E-state index contributed by atoms with van der Waals surface area (Å²) in [6.07, 6.45) is 0.804. The monoisotopic (exact) mass is 266 g/mol. The number of nitrogens with one attached hydrogen (secondary N) is 1. The summed E-state index contributed by atoms with van der Waals surface area (Å²) >= 11 is 0. The molecular weight excluding hydrogens is 252 g/mol. The fourth-order valence-electron chi connectivity index (χ4n) is 2.51. The van der Waals surface area contributed by atoms with Crippen LogP contribution in [0.3, 0.4) is 0 Å². The van der Waals surface area contributed by atoms with E-state index in [1.807, 2.05) is 17.0 Å². The fraction of sp³-hybridized carbons (Fsp3) is 0.267. The Morgan fingerprint density at radius 2 is 2.15 bits per heavy atom. The zero-order valence-electron chi connectivity index (χ0n) is 11.2. The van der Waals surface area contributed by atoms with Crippen LogP contribution in [-0.2, 0) is 17.8 Å². The van der Waals surface area contributed by atoms with Gasteiger partial charge < -0.3 is 4.90 Å². The molecule has 0 unspecified atom stereocenters. The molecule has 1 aliphatic heterocycles. The van der Waals surface area contributed by atoms with E-state index in [2.05, 4.69) is 16.3 Å². The molecule has 1 aromatic carbocycles. The predicted molar refractivity (Wildman–Crippen MR) is 73.5 cm³/mol. The van der Waals surface area contributed by atoms with Gasteiger partial charge in [0.1, 0.15) is 0 Å². The topological polar surface area (TPSA) is 72.8 Å². The first kappa shape index (κ1) is 12.4. The molecule has 100 valence electrons. The molecule has 20 heavy (non-hydrogen) atoms. The molecule has 0 radical (unpaired) electrons.